The van der Waals surface area contributed by atoms with E-state index in [2.05, 4.69) is 24.1 Å². The Kier molecular flexibility index (Phi) is 5.19. The normalized spacial score (nSPS) is 23.3. The van der Waals surface area contributed by atoms with Crippen LogP contribution in [0.25, 0.3) is 0 Å². The SMILES string of the molecule is CC(C)N1CCC(NC(=O)c2c(F)cccc2Cl)C(O)C1. The van der Waals surface area contributed by atoms with Crippen molar-refractivity contribution in [2.24, 2.45) is 0 Å². The molecule has 0 aromatic heterocycles. The summed E-state index contributed by atoms with van der Waals surface area (Å²) in [6, 6.07) is 4.07. The Bertz CT molecular complexity index is 504. The van der Waals surface area contributed by atoms with E-state index in [4.69, 9.17) is 11.6 Å². The molecule has 2 unspecified atom stereocenters. The maximum atomic E-state index is 13.7. The van der Waals surface area contributed by atoms with E-state index >= 15 is 0 Å². The van der Waals surface area contributed by atoms with Gasteiger partial charge in [-0.15, -0.1) is 0 Å². The molecule has 0 aliphatic carbocycles. The zero-order valence-electron chi connectivity index (χ0n) is 12.1. The van der Waals surface area contributed by atoms with Gasteiger partial charge in [0.25, 0.3) is 5.91 Å². The Morgan fingerprint density at radius 3 is 2.81 bits per heavy atom. The molecule has 1 amide bonds. The molecule has 0 saturated carbocycles. The molecule has 4 nitrogen and oxygen atoms in total. The number of piperidine rings is 1. The second-order valence-electron chi connectivity index (χ2n) is 5.62. The number of carbonyl (C=O) groups is 1. The van der Waals surface area contributed by atoms with Crippen LogP contribution in [-0.2, 0) is 0 Å². The third kappa shape index (κ3) is 3.73. The van der Waals surface area contributed by atoms with Gasteiger partial charge in [0.2, 0.25) is 0 Å². The number of nitrogens with one attached hydrogen (secondary N) is 1. The van der Waals surface area contributed by atoms with Crippen molar-refractivity contribution < 1.29 is 14.3 Å². The first-order chi connectivity index (χ1) is 9.90. The number of carbonyl (C=O) groups excluding carboxylic acids is 1. The van der Waals surface area contributed by atoms with E-state index in [1.807, 2.05) is 0 Å². The molecule has 6 heteroatoms. The molecule has 2 N–H and O–H groups in total. The van der Waals surface area contributed by atoms with Gasteiger partial charge in [0.05, 0.1) is 22.7 Å². The van der Waals surface area contributed by atoms with Crippen LogP contribution >= 0.6 is 11.6 Å². The highest BCUT2D eigenvalue weighted by molar-refractivity contribution is 6.33. The van der Waals surface area contributed by atoms with Gasteiger partial charge >= 0.3 is 0 Å². The smallest absolute Gasteiger partial charge is 0.256 e. The van der Waals surface area contributed by atoms with Crippen molar-refractivity contribution >= 4 is 17.5 Å². The molecule has 0 radical (unpaired) electrons. The van der Waals surface area contributed by atoms with Crippen LogP contribution in [0.2, 0.25) is 5.02 Å². The molecule has 1 heterocycles. The van der Waals surface area contributed by atoms with Gasteiger partial charge in [-0.1, -0.05) is 17.7 Å². The van der Waals surface area contributed by atoms with E-state index in [0.717, 1.165) is 6.54 Å². The van der Waals surface area contributed by atoms with E-state index in [9.17, 15) is 14.3 Å². The summed E-state index contributed by atoms with van der Waals surface area (Å²) in [5, 5.41) is 12.9. The number of β-amino-alcohol motifs (C(OH)–C–C–N with tert-alkyl or cyclic N) is 1. The summed E-state index contributed by atoms with van der Waals surface area (Å²) in [6.45, 7) is 5.40. The van der Waals surface area contributed by atoms with E-state index in [0.29, 0.717) is 19.0 Å². The summed E-state index contributed by atoms with van der Waals surface area (Å²) < 4.78 is 13.7. The fourth-order valence-corrected chi connectivity index (χ4v) is 2.80. The molecule has 1 aromatic carbocycles. The fraction of sp³-hybridized carbons (Fsp3) is 0.533. The summed E-state index contributed by atoms with van der Waals surface area (Å²) in [5.74, 6) is -1.24. The van der Waals surface area contributed by atoms with Crippen molar-refractivity contribution in [3.63, 3.8) is 0 Å². The van der Waals surface area contributed by atoms with Gasteiger partial charge in [-0.2, -0.15) is 0 Å². The minimum atomic E-state index is -0.671. The van der Waals surface area contributed by atoms with Crippen molar-refractivity contribution in [3.8, 4) is 0 Å². The number of likely N-dealkylation sites (tertiary alicyclic amines) is 1. The number of rotatable bonds is 3. The number of halogens is 2. The minimum absolute atomic E-state index is 0.0709. The highest BCUT2D eigenvalue weighted by Gasteiger charge is 2.30. The van der Waals surface area contributed by atoms with Crippen LogP contribution in [0.5, 0.6) is 0 Å². The molecule has 1 aromatic rings. The summed E-state index contributed by atoms with van der Waals surface area (Å²) in [5.41, 5.74) is -0.169. The van der Waals surface area contributed by atoms with Crippen LogP contribution < -0.4 is 5.32 Å². The van der Waals surface area contributed by atoms with Crippen molar-refractivity contribution in [2.45, 2.75) is 38.5 Å². The van der Waals surface area contributed by atoms with Gasteiger partial charge in [-0.25, -0.2) is 4.39 Å². The fourth-order valence-electron chi connectivity index (χ4n) is 2.55. The van der Waals surface area contributed by atoms with E-state index in [1.54, 1.807) is 0 Å². The molecule has 21 heavy (non-hydrogen) atoms. The van der Waals surface area contributed by atoms with Crippen molar-refractivity contribution in [1.29, 1.82) is 0 Å². The first-order valence-electron chi connectivity index (χ1n) is 7.07. The number of benzene rings is 1. The van der Waals surface area contributed by atoms with Crippen LogP contribution in [0.3, 0.4) is 0 Å². The van der Waals surface area contributed by atoms with Gasteiger partial charge in [0, 0.05) is 19.1 Å². The second kappa shape index (κ2) is 6.73. The predicted molar refractivity (Wildman–Crippen MR) is 80.0 cm³/mol. The zero-order valence-corrected chi connectivity index (χ0v) is 12.9. The average molecular weight is 315 g/mol. The van der Waals surface area contributed by atoms with Crippen molar-refractivity contribution in [2.75, 3.05) is 13.1 Å². The first kappa shape index (κ1) is 16.2. The number of hydrogen-bond donors (Lipinski definition) is 2. The molecule has 1 fully saturated rings. The quantitative estimate of drug-likeness (QED) is 0.898. The van der Waals surface area contributed by atoms with Gasteiger partial charge < -0.3 is 10.4 Å². The second-order valence-corrected chi connectivity index (χ2v) is 6.03. The number of aliphatic hydroxyl groups is 1. The molecule has 0 spiro atoms. The highest BCUT2D eigenvalue weighted by Crippen LogP contribution is 2.20. The Labute approximate surface area is 128 Å². The standard InChI is InChI=1S/C15H20ClFN2O2/c1-9(2)19-7-6-12(13(20)8-19)18-15(21)14-10(16)4-3-5-11(14)17/h3-5,9,12-13,20H,6-8H2,1-2H3,(H,18,21). The van der Waals surface area contributed by atoms with Crippen LogP contribution in [0.15, 0.2) is 18.2 Å². The monoisotopic (exact) mass is 314 g/mol. The molecule has 1 aliphatic rings. The number of hydrogen-bond acceptors (Lipinski definition) is 3. The summed E-state index contributed by atoms with van der Waals surface area (Å²) in [6.07, 6.45) is -0.0485. The lowest BCUT2D eigenvalue weighted by atomic mass is 10.00. The maximum Gasteiger partial charge on any atom is 0.256 e. The van der Waals surface area contributed by atoms with Gasteiger partial charge in [-0.3, -0.25) is 9.69 Å². The molecule has 2 rings (SSSR count). The Morgan fingerprint density at radius 1 is 1.52 bits per heavy atom. The first-order valence-corrected chi connectivity index (χ1v) is 7.45. The molecular formula is C15H20ClFN2O2. The van der Waals surface area contributed by atoms with E-state index < -0.39 is 17.8 Å². The molecule has 0 bridgehead atoms. The Hall–Kier alpha value is -1.17. The predicted octanol–water partition coefficient (Wildman–Crippen LogP) is 2.05. The lowest BCUT2D eigenvalue weighted by Gasteiger charge is -2.38. The summed E-state index contributed by atoms with van der Waals surface area (Å²) >= 11 is 5.87. The van der Waals surface area contributed by atoms with Crippen molar-refractivity contribution in [3.05, 3.63) is 34.6 Å². The van der Waals surface area contributed by atoms with Gasteiger partial charge in [0.15, 0.2) is 0 Å². The van der Waals surface area contributed by atoms with E-state index in [-0.39, 0.29) is 16.6 Å². The Balaban J connectivity index is 2.04. The van der Waals surface area contributed by atoms with Crippen LogP contribution in [-0.4, -0.2) is 47.2 Å². The molecule has 1 saturated heterocycles. The number of aliphatic hydroxyl groups excluding tert-OH is 1. The lowest BCUT2D eigenvalue weighted by molar-refractivity contribution is 0.0262. The topological polar surface area (TPSA) is 52.6 Å². The van der Waals surface area contributed by atoms with E-state index in [1.165, 1.54) is 18.2 Å². The molecule has 2 atom stereocenters. The molecule has 1 aliphatic heterocycles. The average Bonchev–Trinajstić information content (AvgIpc) is 2.40. The number of amides is 1. The largest absolute Gasteiger partial charge is 0.390 e. The van der Waals surface area contributed by atoms with Crippen LogP contribution in [0.4, 0.5) is 4.39 Å². The summed E-state index contributed by atoms with van der Waals surface area (Å²) in [4.78, 5) is 14.3. The number of nitrogens with zero attached hydrogens (tertiary/aromatic N) is 1. The zero-order chi connectivity index (χ0) is 15.6. The Morgan fingerprint density at radius 2 is 2.24 bits per heavy atom. The molecule has 116 valence electrons. The minimum Gasteiger partial charge on any atom is -0.390 e. The lowest BCUT2D eigenvalue weighted by Crippen LogP contribution is -2.55. The maximum absolute atomic E-state index is 13.7. The summed E-state index contributed by atoms with van der Waals surface area (Å²) in [7, 11) is 0. The third-order valence-corrected chi connectivity index (χ3v) is 4.16. The van der Waals surface area contributed by atoms with Crippen LogP contribution in [0, 0.1) is 5.82 Å². The third-order valence-electron chi connectivity index (χ3n) is 3.85. The highest BCUT2D eigenvalue weighted by atomic mass is 35.5. The van der Waals surface area contributed by atoms with Gasteiger partial charge in [0.1, 0.15) is 5.82 Å². The van der Waals surface area contributed by atoms with Crippen molar-refractivity contribution in [1.82, 2.24) is 10.2 Å². The van der Waals surface area contributed by atoms with Gasteiger partial charge in [-0.05, 0) is 32.4 Å². The molecular weight excluding hydrogens is 295 g/mol. The van der Waals surface area contributed by atoms with Crippen LogP contribution in [0.1, 0.15) is 30.6 Å².